The number of benzene rings is 6. The van der Waals surface area contributed by atoms with Crippen LogP contribution in [0, 0.1) is 83.1 Å². The molecule has 0 saturated carbocycles. The molecule has 0 spiro atoms. The van der Waals surface area contributed by atoms with Crippen LogP contribution in [-0.4, -0.2) is 88.3 Å². The number of amides is 2. The first-order chi connectivity index (χ1) is 39.1. The van der Waals surface area contributed by atoms with E-state index in [1.807, 2.05) is 86.7 Å². The summed E-state index contributed by atoms with van der Waals surface area (Å²) in [7, 11) is 0. The molecule has 10 rings (SSSR count). The Hall–Kier alpha value is -8.00. The third kappa shape index (κ3) is 11.7. The van der Waals surface area contributed by atoms with Crippen molar-refractivity contribution in [2.24, 2.45) is 0 Å². The van der Waals surface area contributed by atoms with Gasteiger partial charge in [0.15, 0.2) is 0 Å². The van der Waals surface area contributed by atoms with Crippen molar-refractivity contribution in [2.45, 2.75) is 175 Å². The Morgan fingerprint density at radius 1 is 0.518 bits per heavy atom. The molecule has 83 heavy (non-hydrogen) atoms. The van der Waals surface area contributed by atoms with E-state index >= 15 is 0 Å². The number of carbonyl (C=O) groups excluding carboxylic acids is 3. The van der Waals surface area contributed by atoms with Crippen LogP contribution in [0.15, 0.2) is 60.7 Å². The number of aryl methyl sites for hydroxylation is 10. The lowest BCUT2D eigenvalue weighted by Crippen LogP contribution is -2.37. The standard InChI is InChI=1S/C35H42N4O3.C33H38N4O3.CH4/c1-9-39-31-12-11-29(25(8)34(31)36-37-39)30(18-32(40)42-10-2)26-16-22(5)28-13-14-38(19-27(28)17-26)35(41)33-23(6)20(3)15-21(4)24(33)7;1-8-37-29-10-9-27(23(7)32(29)34-35-37)28(16-30(38)39)24-14-20(4)26-11-12-36(17-25(26)15-24)33(40)31-21(5)18(2)13-19(3)22(31)6;/h11-12,15-17,30H,9-10,13-14,18-19H2,1-8H3;9-10,13-15,28H,8,11-12,16-17H2,1-7H3,(H,38,39);1H4. The molecule has 14 nitrogen and oxygen atoms in total. The Morgan fingerprint density at radius 3 is 1.27 bits per heavy atom. The van der Waals surface area contributed by atoms with Crippen molar-refractivity contribution in [3.05, 3.63) is 183 Å². The molecule has 2 aliphatic rings. The molecule has 0 bridgehead atoms. The van der Waals surface area contributed by atoms with Crippen LogP contribution in [0.25, 0.3) is 22.1 Å². The van der Waals surface area contributed by atoms with E-state index < -0.39 is 5.97 Å². The third-order valence-electron chi connectivity index (χ3n) is 18.1. The van der Waals surface area contributed by atoms with E-state index in [1.54, 1.807) is 0 Å². The minimum atomic E-state index is -0.852. The van der Waals surface area contributed by atoms with Gasteiger partial charge in [-0.15, -0.1) is 10.2 Å². The van der Waals surface area contributed by atoms with Gasteiger partial charge in [-0.2, -0.15) is 0 Å². The third-order valence-corrected chi connectivity index (χ3v) is 18.1. The molecule has 8 aromatic rings. The second-order valence-electron chi connectivity index (χ2n) is 23.0. The molecule has 0 radical (unpaired) electrons. The number of aliphatic carboxylic acids is 1. The van der Waals surface area contributed by atoms with Crippen molar-refractivity contribution in [3.8, 4) is 0 Å². The molecule has 2 unspecified atom stereocenters. The maximum Gasteiger partial charge on any atom is 0.306 e. The largest absolute Gasteiger partial charge is 0.481 e. The summed E-state index contributed by atoms with van der Waals surface area (Å²) in [6.07, 6.45) is 1.79. The predicted molar refractivity (Wildman–Crippen MR) is 330 cm³/mol. The maximum atomic E-state index is 13.9. The number of carboxylic acids is 1. The minimum Gasteiger partial charge on any atom is -0.481 e. The molecule has 1 N–H and O–H groups in total. The molecular formula is C69H84N8O6. The first-order valence-electron chi connectivity index (χ1n) is 29.1. The zero-order valence-electron chi connectivity index (χ0n) is 50.8. The Labute approximate surface area is 490 Å². The van der Waals surface area contributed by atoms with Gasteiger partial charge in [-0.3, -0.25) is 19.2 Å². The summed E-state index contributed by atoms with van der Waals surface area (Å²) >= 11 is 0. The van der Waals surface area contributed by atoms with Gasteiger partial charge in [0.25, 0.3) is 11.8 Å². The zero-order valence-corrected chi connectivity index (χ0v) is 50.8. The molecule has 0 aliphatic carbocycles. The van der Waals surface area contributed by atoms with Crippen LogP contribution < -0.4 is 0 Å². The summed E-state index contributed by atoms with van der Waals surface area (Å²) in [5, 5.41) is 27.4. The second-order valence-corrected chi connectivity index (χ2v) is 23.0. The van der Waals surface area contributed by atoms with Crippen molar-refractivity contribution in [1.29, 1.82) is 0 Å². The number of carboxylic acid groups (broad SMARTS) is 1. The molecule has 2 amide bonds. The quantitative estimate of drug-likeness (QED) is 0.110. The maximum absolute atomic E-state index is 13.9. The lowest BCUT2D eigenvalue weighted by Gasteiger charge is -2.32. The number of esters is 1. The van der Waals surface area contributed by atoms with Crippen molar-refractivity contribution in [1.82, 2.24) is 39.8 Å². The summed E-state index contributed by atoms with van der Waals surface area (Å²) in [5.41, 5.74) is 27.1. The molecule has 0 fully saturated rings. The van der Waals surface area contributed by atoms with Gasteiger partial charge in [-0.05, 0) is 240 Å². The normalized spacial score (nSPS) is 13.7. The van der Waals surface area contributed by atoms with Gasteiger partial charge >= 0.3 is 11.9 Å². The highest BCUT2D eigenvalue weighted by atomic mass is 16.5. The summed E-state index contributed by atoms with van der Waals surface area (Å²) in [5.74, 6) is -1.47. The summed E-state index contributed by atoms with van der Waals surface area (Å²) in [6.45, 7) is 34.8. The zero-order chi connectivity index (χ0) is 59.2. The summed E-state index contributed by atoms with van der Waals surface area (Å²) < 4.78 is 9.16. The fourth-order valence-electron chi connectivity index (χ4n) is 13.0. The van der Waals surface area contributed by atoms with Crippen LogP contribution in [0.2, 0.25) is 0 Å². The molecule has 2 aliphatic heterocycles. The van der Waals surface area contributed by atoms with E-state index in [0.29, 0.717) is 39.3 Å². The highest BCUT2D eigenvalue weighted by Crippen LogP contribution is 2.39. The number of carbonyl (C=O) groups is 4. The van der Waals surface area contributed by atoms with Crippen molar-refractivity contribution in [3.63, 3.8) is 0 Å². The van der Waals surface area contributed by atoms with Crippen LogP contribution in [-0.2, 0) is 53.3 Å². The summed E-state index contributed by atoms with van der Waals surface area (Å²) in [6, 6.07) is 21.2. The SMILES string of the molecule is C.CCOC(=O)CC(c1cc(C)c2c(c1)CN(C(=O)c1c(C)c(C)cc(C)c1C)CC2)c1ccc2c(nnn2CC)c1C.CCn1nnc2c(C)c(C(CC(=O)O)c3cc(C)c4c(c3)CN(C(=O)c3c(C)c(C)cc(C)c3C)CC4)ccc21. The number of aromatic nitrogens is 6. The average Bonchev–Trinajstić information content (AvgIpc) is 4.13. The molecule has 4 heterocycles. The average molecular weight is 1120 g/mol. The van der Waals surface area contributed by atoms with E-state index in [2.05, 4.69) is 118 Å². The van der Waals surface area contributed by atoms with Crippen molar-refractivity contribution in [2.75, 3.05) is 19.7 Å². The van der Waals surface area contributed by atoms with Gasteiger partial charge in [0, 0.05) is 62.2 Å². The van der Waals surface area contributed by atoms with E-state index in [-0.39, 0.29) is 49.9 Å². The molecule has 2 atom stereocenters. The Kier molecular flexibility index (Phi) is 18.3. The van der Waals surface area contributed by atoms with E-state index in [0.717, 1.165) is 147 Å². The van der Waals surface area contributed by atoms with Gasteiger partial charge in [-0.1, -0.05) is 66.4 Å². The van der Waals surface area contributed by atoms with Crippen LogP contribution in [0.3, 0.4) is 0 Å². The number of hydrogen-bond donors (Lipinski definition) is 1. The first-order valence-corrected chi connectivity index (χ1v) is 29.1. The lowest BCUT2D eigenvalue weighted by molar-refractivity contribution is -0.143. The number of nitrogens with zero attached hydrogens (tertiary/aromatic N) is 8. The van der Waals surface area contributed by atoms with Crippen LogP contribution >= 0.6 is 0 Å². The Balaban J connectivity index is 0.000000215. The number of rotatable bonds is 13. The number of fused-ring (bicyclic) bond motifs is 4. The second kappa shape index (κ2) is 24.8. The van der Waals surface area contributed by atoms with E-state index in [9.17, 15) is 24.3 Å². The molecule has 14 heteroatoms. The fourth-order valence-corrected chi connectivity index (χ4v) is 13.0. The number of ether oxygens (including phenoxy) is 1. The van der Waals surface area contributed by atoms with Gasteiger partial charge in [0.05, 0.1) is 30.5 Å². The van der Waals surface area contributed by atoms with Crippen LogP contribution in [0.1, 0.15) is 185 Å². The molecular weight excluding hydrogens is 1040 g/mol. The van der Waals surface area contributed by atoms with Gasteiger partial charge in [-0.25, -0.2) is 9.36 Å². The topological polar surface area (TPSA) is 166 Å². The van der Waals surface area contributed by atoms with Gasteiger partial charge in [0.2, 0.25) is 0 Å². The number of hydrogen-bond acceptors (Lipinski definition) is 9. The molecule has 2 aromatic heterocycles. The molecule has 0 saturated heterocycles. The monoisotopic (exact) mass is 1120 g/mol. The Bertz CT molecular complexity index is 3810. The minimum absolute atomic E-state index is 0. The van der Waals surface area contributed by atoms with Crippen molar-refractivity contribution >= 4 is 45.8 Å². The van der Waals surface area contributed by atoms with Gasteiger partial charge < -0.3 is 19.6 Å². The van der Waals surface area contributed by atoms with Gasteiger partial charge in [0.1, 0.15) is 11.0 Å². The van der Waals surface area contributed by atoms with Crippen LogP contribution in [0.4, 0.5) is 0 Å². The summed E-state index contributed by atoms with van der Waals surface area (Å²) in [4.78, 5) is 56.7. The Morgan fingerprint density at radius 2 is 0.904 bits per heavy atom. The lowest BCUT2D eigenvalue weighted by atomic mass is 9.82. The highest BCUT2D eigenvalue weighted by Gasteiger charge is 2.32. The molecule has 436 valence electrons. The predicted octanol–water partition coefficient (Wildman–Crippen LogP) is 13.3. The van der Waals surface area contributed by atoms with Crippen molar-refractivity contribution < 1.29 is 29.0 Å². The smallest absolute Gasteiger partial charge is 0.306 e. The van der Waals surface area contributed by atoms with E-state index in [1.165, 1.54) is 16.7 Å². The fraction of sp³-hybridized carbons (Fsp3) is 0.420. The van der Waals surface area contributed by atoms with Crippen LogP contribution in [0.5, 0.6) is 0 Å². The first kappa shape index (κ1) is 61.1. The highest BCUT2D eigenvalue weighted by molar-refractivity contribution is 5.99. The van der Waals surface area contributed by atoms with E-state index in [4.69, 9.17) is 4.74 Å². The molecule has 6 aromatic carbocycles.